The summed E-state index contributed by atoms with van der Waals surface area (Å²) >= 11 is 3.15. The average Bonchev–Trinajstić information content (AvgIpc) is 2.29. The number of aromatic nitrogens is 2. The van der Waals surface area contributed by atoms with Gasteiger partial charge in [0.25, 0.3) is 5.56 Å². The molecule has 100 valence electrons. The van der Waals surface area contributed by atoms with Crippen molar-refractivity contribution in [3.8, 4) is 0 Å². The number of hydrogen-bond acceptors (Lipinski definition) is 4. The first-order valence-electron chi connectivity index (χ1n) is 5.38. The van der Waals surface area contributed by atoms with Gasteiger partial charge in [0.1, 0.15) is 10.6 Å². The summed E-state index contributed by atoms with van der Waals surface area (Å²) in [7, 11) is 1.40. The van der Waals surface area contributed by atoms with Gasteiger partial charge in [-0.05, 0) is 29.8 Å². The maximum absolute atomic E-state index is 11.9. The fourth-order valence-electron chi connectivity index (χ4n) is 1.62. The summed E-state index contributed by atoms with van der Waals surface area (Å²) in [5, 5.41) is 0. The van der Waals surface area contributed by atoms with Crippen molar-refractivity contribution < 1.29 is 9.53 Å². The Morgan fingerprint density at radius 3 is 2.50 bits per heavy atom. The Kier molecular flexibility index (Phi) is 4.50. The molecule has 1 aromatic heterocycles. The van der Waals surface area contributed by atoms with Crippen LogP contribution in [0.15, 0.2) is 14.1 Å². The van der Waals surface area contributed by atoms with Crippen molar-refractivity contribution >= 4 is 21.9 Å². The number of halogens is 1. The third kappa shape index (κ3) is 2.90. The van der Waals surface area contributed by atoms with E-state index in [1.165, 1.54) is 18.5 Å². The van der Waals surface area contributed by atoms with Crippen molar-refractivity contribution in [1.82, 2.24) is 9.13 Å². The Hall–Kier alpha value is -1.37. The van der Waals surface area contributed by atoms with E-state index in [1.807, 2.05) is 0 Å². The van der Waals surface area contributed by atoms with Crippen molar-refractivity contribution in [2.45, 2.75) is 33.4 Å². The van der Waals surface area contributed by atoms with E-state index >= 15 is 0 Å². The summed E-state index contributed by atoms with van der Waals surface area (Å²) in [6.45, 7) is 4.86. The molecule has 7 heteroatoms. The van der Waals surface area contributed by atoms with E-state index in [4.69, 9.17) is 4.74 Å². The van der Waals surface area contributed by atoms with Gasteiger partial charge in [0.05, 0.1) is 6.54 Å². The van der Waals surface area contributed by atoms with E-state index in [1.54, 1.807) is 13.8 Å². The van der Waals surface area contributed by atoms with Crippen LogP contribution in [0.2, 0.25) is 0 Å². The van der Waals surface area contributed by atoms with E-state index in [-0.39, 0.29) is 12.1 Å². The van der Waals surface area contributed by atoms with Gasteiger partial charge in [-0.2, -0.15) is 0 Å². The van der Waals surface area contributed by atoms with Gasteiger partial charge in [-0.25, -0.2) is 4.79 Å². The molecule has 0 amide bonds. The lowest BCUT2D eigenvalue weighted by molar-refractivity contribution is -0.146. The van der Waals surface area contributed by atoms with Gasteiger partial charge in [0.15, 0.2) is 0 Å². The van der Waals surface area contributed by atoms with Gasteiger partial charge >= 0.3 is 11.7 Å². The lowest BCUT2D eigenvalue weighted by Crippen LogP contribution is -2.41. The van der Waals surface area contributed by atoms with Gasteiger partial charge in [-0.3, -0.25) is 18.7 Å². The molecule has 0 fully saturated rings. The standard InChI is InChI=1S/C11H15BrN2O4/c1-6(18-8(3)15)5-14-7(2)9(12)10(16)13(4)11(14)17/h6H,5H2,1-4H3. The van der Waals surface area contributed by atoms with E-state index in [0.717, 1.165) is 4.57 Å². The van der Waals surface area contributed by atoms with E-state index in [2.05, 4.69) is 15.9 Å². The minimum absolute atomic E-state index is 0.205. The molecule has 1 aromatic rings. The van der Waals surface area contributed by atoms with Gasteiger partial charge in [0.2, 0.25) is 0 Å². The van der Waals surface area contributed by atoms with E-state index < -0.39 is 17.8 Å². The highest BCUT2D eigenvalue weighted by Crippen LogP contribution is 2.09. The highest BCUT2D eigenvalue weighted by Gasteiger charge is 2.15. The molecule has 1 rings (SSSR count). The zero-order chi connectivity index (χ0) is 14.0. The molecule has 0 radical (unpaired) electrons. The Morgan fingerprint density at radius 1 is 1.44 bits per heavy atom. The number of esters is 1. The van der Waals surface area contributed by atoms with Crippen LogP contribution in [0, 0.1) is 6.92 Å². The fraction of sp³-hybridized carbons (Fsp3) is 0.545. The first-order valence-corrected chi connectivity index (χ1v) is 6.18. The quantitative estimate of drug-likeness (QED) is 0.764. The van der Waals surface area contributed by atoms with Crippen LogP contribution in [0.3, 0.4) is 0 Å². The zero-order valence-corrected chi connectivity index (χ0v) is 12.3. The SMILES string of the molecule is CC(=O)OC(C)Cn1c(C)c(Br)c(=O)n(C)c1=O. The van der Waals surface area contributed by atoms with E-state index in [9.17, 15) is 14.4 Å². The van der Waals surface area contributed by atoms with Gasteiger partial charge in [-0.1, -0.05) is 0 Å². The van der Waals surface area contributed by atoms with E-state index in [0.29, 0.717) is 10.2 Å². The fourth-order valence-corrected chi connectivity index (χ4v) is 2.10. The molecule has 0 aliphatic heterocycles. The highest BCUT2D eigenvalue weighted by atomic mass is 79.9. The number of rotatable bonds is 3. The van der Waals surface area contributed by atoms with Crippen LogP contribution in [-0.4, -0.2) is 21.2 Å². The maximum atomic E-state index is 11.9. The highest BCUT2D eigenvalue weighted by molar-refractivity contribution is 9.10. The van der Waals surface area contributed by atoms with Crippen LogP contribution in [0.1, 0.15) is 19.5 Å². The molecule has 0 aliphatic rings. The van der Waals surface area contributed by atoms with Crippen LogP contribution < -0.4 is 11.2 Å². The molecule has 1 atom stereocenters. The molecular formula is C11H15BrN2O4. The van der Waals surface area contributed by atoms with Crippen molar-refractivity contribution in [3.63, 3.8) is 0 Å². The van der Waals surface area contributed by atoms with Crippen LogP contribution >= 0.6 is 15.9 Å². The Morgan fingerprint density at radius 2 is 2.00 bits per heavy atom. The molecule has 6 nitrogen and oxygen atoms in total. The third-order valence-electron chi connectivity index (χ3n) is 2.54. The molecular weight excluding hydrogens is 304 g/mol. The Balaban J connectivity index is 3.22. The molecule has 0 saturated heterocycles. The summed E-state index contributed by atoms with van der Waals surface area (Å²) in [6.07, 6.45) is -0.441. The summed E-state index contributed by atoms with van der Waals surface area (Å²) in [5.41, 5.74) is -0.296. The second kappa shape index (κ2) is 5.51. The van der Waals surface area contributed by atoms with Crippen molar-refractivity contribution in [2.75, 3.05) is 0 Å². The number of hydrogen-bond donors (Lipinski definition) is 0. The molecule has 1 unspecified atom stereocenters. The van der Waals surface area contributed by atoms with Gasteiger partial charge in [0, 0.05) is 19.7 Å². The molecule has 0 spiro atoms. The third-order valence-corrected chi connectivity index (χ3v) is 3.45. The van der Waals surface area contributed by atoms with Crippen molar-refractivity contribution in [3.05, 3.63) is 31.0 Å². The predicted octanol–water partition coefficient (Wildman–Crippen LogP) is 0.570. The number of carbonyl (C=O) groups is 1. The lowest BCUT2D eigenvalue weighted by atomic mass is 10.3. The number of nitrogens with zero attached hydrogens (tertiary/aromatic N) is 2. The monoisotopic (exact) mass is 318 g/mol. The normalized spacial score (nSPS) is 12.3. The summed E-state index contributed by atoms with van der Waals surface area (Å²) in [5.74, 6) is -0.405. The smallest absolute Gasteiger partial charge is 0.331 e. The number of carbonyl (C=O) groups excluding carboxylic acids is 1. The largest absolute Gasteiger partial charge is 0.461 e. The second-order valence-corrected chi connectivity index (χ2v) is 4.87. The minimum atomic E-state index is -0.441. The minimum Gasteiger partial charge on any atom is -0.461 e. The molecule has 1 heterocycles. The summed E-state index contributed by atoms with van der Waals surface area (Å²) < 4.78 is 7.72. The maximum Gasteiger partial charge on any atom is 0.331 e. The van der Waals surface area contributed by atoms with Gasteiger partial charge in [-0.15, -0.1) is 0 Å². The predicted molar refractivity (Wildman–Crippen MR) is 69.6 cm³/mol. The summed E-state index contributed by atoms with van der Waals surface area (Å²) in [6, 6.07) is 0. The first-order chi connectivity index (χ1) is 8.25. The van der Waals surface area contributed by atoms with Crippen LogP contribution in [0.25, 0.3) is 0 Å². The average molecular weight is 319 g/mol. The van der Waals surface area contributed by atoms with Crippen LogP contribution in [0.4, 0.5) is 0 Å². The Labute approximate surface area is 112 Å². The number of ether oxygens (including phenoxy) is 1. The zero-order valence-electron chi connectivity index (χ0n) is 10.7. The second-order valence-electron chi connectivity index (χ2n) is 4.08. The molecule has 0 aliphatic carbocycles. The molecule has 0 N–H and O–H groups in total. The lowest BCUT2D eigenvalue weighted by Gasteiger charge is -2.17. The molecule has 0 bridgehead atoms. The topological polar surface area (TPSA) is 70.3 Å². The molecule has 0 saturated carbocycles. The molecule has 0 aromatic carbocycles. The summed E-state index contributed by atoms with van der Waals surface area (Å²) in [4.78, 5) is 34.4. The Bertz CT molecular complexity index is 588. The van der Waals surface area contributed by atoms with Gasteiger partial charge < -0.3 is 4.74 Å². The van der Waals surface area contributed by atoms with Crippen molar-refractivity contribution in [1.29, 1.82) is 0 Å². The first kappa shape index (κ1) is 14.7. The molecule has 18 heavy (non-hydrogen) atoms. The van der Waals surface area contributed by atoms with Crippen LogP contribution in [0.5, 0.6) is 0 Å². The van der Waals surface area contributed by atoms with Crippen molar-refractivity contribution in [2.24, 2.45) is 7.05 Å². The van der Waals surface area contributed by atoms with Crippen LogP contribution in [-0.2, 0) is 23.1 Å².